The number of carbonyl (C=O) groups excluding carboxylic acids is 2. The van der Waals surface area contributed by atoms with E-state index < -0.39 is 0 Å². The number of amides is 1. The molecule has 1 heterocycles. The second kappa shape index (κ2) is 6.37. The number of allylic oxidation sites excluding steroid dienone is 1. The Labute approximate surface area is 168 Å². The van der Waals surface area contributed by atoms with Crippen LogP contribution in [0, 0.1) is 28.6 Å². The highest BCUT2D eigenvalue weighted by Crippen LogP contribution is 2.65. The maximum Gasteiger partial charge on any atom is 0.255 e. The van der Waals surface area contributed by atoms with Gasteiger partial charge < -0.3 is 5.32 Å². The van der Waals surface area contributed by atoms with Crippen LogP contribution in [-0.2, 0) is 9.59 Å². The van der Waals surface area contributed by atoms with Gasteiger partial charge in [0.15, 0.2) is 0 Å². The molecule has 0 bridgehead atoms. The van der Waals surface area contributed by atoms with Crippen molar-refractivity contribution in [2.24, 2.45) is 28.6 Å². The minimum absolute atomic E-state index is 0.0285. The summed E-state index contributed by atoms with van der Waals surface area (Å²) in [4.78, 5) is 25.6. The lowest BCUT2D eigenvalue weighted by molar-refractivity contribution is -0.121. The molecule has 3 nitrogen and oxygen atoms in total. The molecule has 3 aliphatic carbocycles. The quantitative estimate of drug-likeness (QED) is 0.635. The van der Waals surface area contributed by atoms with Crippen molar-refractivity contribution in [1.29, 1.82) is 0 Å². The third-order valence-corrected chi connectivity index (χ3v) is 9.59. The fraction of sp³-hybridized carbons (Fsp3) is 0.826. The first-order chi connectivity index (χ1) is 12.5. The van der Waals surface area contributed by atoms with Gasteiger partial charge in [-0.1, -0.05) is 38.1 Å². The number of nitrogens with one attached hydrogen (secondary N) is 1. The molecule has 1 unspecified atom stereocenters. The highest BCUT2D eigenvalue weighted by molar-refractivity contribution is 8.14. The van der Waals surface area contributed by atoms with Gasteiger partial charge in [0.1, 0.15) is 0 Å². The fourth-order valence-electron chi connectivity index (χ4n) is 6.86. The zero-order valence-electron chi connectivity index (χ0n) is 17.6. The minimum atomic E-state index is -0.327. The van der Waals surface area contributed by atoms with Gasteiger partial charge in [-0.15, -0.1) is 0 Å². The van der Waals surface area contributed by atoms with Crippen molar-refractivity contribution in [3.05, 3.63) is 11.6 Å². The summed E-state index contributed by atoms with van der Waals surface area (Å²) in [6.07, 6.45) is 11.2. The lowest BCUT2D eigenvalue weighted by atomic mass is 9.50. The molecule has 150 valence electrons. The SMILES string of the molecule is CC(C)(C)NC(=O)C1=C[C@@]2(C)C(CC[C@@H]3[C@H]2CC[C@]2(C)CCC[C@@H]32)SC1=O. The lowest BCUT2D eigenvalue weighted by Gasteiger charge is -2.58. The van der Waals surface area contributed by atoms with Crippen LogP contribution in [0.5, 0.6) is 0 Å². The maximum absolute atomic E-state index is 12.8. The average molecular weight is 390 g/mol. The van der Waals surface area contributed by atoms with Gasteiger partial charge in [-0.3, -0.25) is 9.59 Å². The predicted octanol–water partition coefficient (Wildman–Crippen LogP) is 5.10. The van der Waals surface area contributed by atoms with Crippen LogP contribution >= 0.6 is 11.8 Å². The zero-order valence-corrected chi connectivity index (χ0v) is 18.4. The summed E-state index contributed by atoms with van der Waals surface area (Å²) in [6, 6.07) is 0. The Morgan fingerprint density at radius 2 is 1.85 bits per heavy atom. The molecule has 0 spiro atoms. The maximum atomic E-state index is 12.8. The van der Waals surface area contributed by atoms with E-state index in [1.807, 2.05) is 20.8 Å². The van der Waals surface area contributed by atoms with Gasteiger partial charge in [0.2, 0.25) is 5.12 Å². The van der Waals surface area contributed by atoms with E-state index in [1.165, 1.54) is 50.3 Å². The van der Waals surface area contributed by atoms with Crippen molar-refractivity contribution < 1.29 is 9.59 Å². The van der Waals surface area contributed by atoms with Gasteiger partial charge in [-0.25, -0.2) is 0 Å². The third kappa shape index (κ3) is 3.20. The molecule has 3 saturated carbocycles. The van der Waals surface area contributed by atoms with E-state index in [9.17, 15) is 9.59 Å². The molecule has 4 aliphatic rings. The number of hydrogen-bond donors (Lipinski definition) is 1. The summed E-state index contributed by atoms with van der Waals surface area (Å²) >= 11 is 1.44. The van der Waals surface area contributed by atoms with E-state index >= 15 is 0 Å². The number of carbonyl (C=O) groups is 2. The topological polar surface area (TPSA) is 46.2 Å². The Bertz CT molecular complexity index is 693. The van der Waals surface area contributed by atoms with Crippen LogP contribution < -0.4 is 5.32 Å². The summed E-state index contributed by atoms with van der Waals surface area (Å²) in [7, 11) is 0. The van der Waals surface area contributed by atoms with Gasteiger partial charge in [-0.05, 0) is 82.5 Å². The molecule has 27 heavy (non-hydrogen) atoms. The van der Waals surface area contributed by atoms with Gasteiger partial charge >= 0.3 is 0 Å². The Kier molecular flexibility index (Phi) is 4.61. The van der Waals surface area contributed by atoms with E-state index in [1.54, 1.807) is 0 Å². The molecule has 0 aromatic heterocycles. The van der Waals surface area contributed by atoms with Crippen molar-refractivity contribution in [3.8, 4) is 0 Å². The van der Waals surface area contributed by atoms with E-state index in [-0.39, 0.29) is 22.0 Å². The summed E-state index contributed by atoms with van der Waals surface area (Å²) in [5, 5.41) is 3.31. The number of rotatable bonds is 1. The lowest BCUT2D eigenvalue weighted by Crippen LogP contribution is -2.53. The fourth-order valence-corrected chi connectivity index (χ4v) is 8.15. The molecule has 6 atom stereocenters. The summed E-state index contributed by atoms with van der Waals surface area (Å²) in [5.74, 6) is 2.04. The predicted molar refractivity (Wildman–Crippen MR) is 111 cm³/mol. The highest BCUT2D eigenvalue weighted by Gasteiger charge is 2.58. The first kappa shape index (κ1) is 19.5. The minimum Gasteiger partial charge on any atom is -0.347 e. The van der Waals surface area contributed by atoms with Crippen molar-refractivity contribution in [3.63, 3.8) is 0 Å². The Hall–Kier alpha value is -0.770. The number of thioether (sulfide) groups is 1. The molecule has 0 saturated heterocycles. The largest absolute Gasteiger partial charge is 0.347 e. The molecule has 4 rings (SSSR count). The van der Waals surface area contributed by atoms with Crippen molar-refractivity contribution >= 4 is 22.8 Å². The zero-order chi connectivity index (χ0) is 19.6. The van der Waals surface area contributed by atoms with Crippen molar-refractivity contribution in [1.82, 2.24) is 5.32 Å². The molecular weight excluding hydrogens is 354 g/mol. The second-order valence-electron chi connectivity index (χ2n) is 11.1. The van der Waals surface area contributed by atoms with Gasteiger partial charge in [-0.2, -0.15) is 0 Å². The Morgan fingerprint density at radius 3 is 2.56 bits per heavy atom. The molecule has 1 aliphatic heterocycles. The van der Waals surface area contributed by atoms with E-state index in [0.717, 1.165) is 18.3 Å². The van der Waals surface area contributed by atoms with Crippen LogP contribution in [-0.4, -0.2) is 21.8 Å². The van der Waals surface area contributed by atoms with Crippen molar-refractivity contribution in [2.45, 2.75) is 90.4 Å². The standard InChI is InChI=1S/C23H35NO2S/c1-21(2,3)24-19(25)15-13-23(5)17-10-12-22(4)11-6-7-16(22)14(17)8-9-18(23)27-20(15)26/h13-14,16-18H,6-12H2,1-5H3,(H,24,25)/t14-,16-,17+,18?,22-,23+/m0/s1. The molecule has 1 N–H and O–H groups in total. The molecule has 0 aromatic carbocycles. The van der Waals surface area contributed by atoms with E-state index in [2.05, 4.69) is 25.2 Å². The number of fused-ring (bicyclic) bond motifs is 5. The van der Waals surface area contributed by atoms with Crippen LogP contribution in [0.4, 0.5) is 0 Å². The van der Waals surface area contributed by atoms with Gasteiger partial charge in [0.05, 0.1) is 5.57 Å². The first-order valence-corrected chi connectivity index (χ1v) is 11.7. The molecule has 3 fully saturated rings. The third-order valence-electron chi connectivity index (χ3n) is 8.13. The van der Waals surface area contributed by atoms with Crippen LogP contribution in [0.2, 0.25) is 0 Å². The first-order valence-electron chi connectivity index (χ1n) is 10.8. The van der Waals surface area contributed by atoms with Crippen LogP contribution in [0.1, 0.15) is 79.6 Å². The van der Waals surface area contributed by atoms with Crippen LogP contribution in [0.15, 0.2) is 11.6 Å². The molecule has 1 amide bonds. The highest BCUT2D eigenvalue weighted by atomic mass is 32.2. The summed E-state index contributed by atoms with van der Waals surface area (Å²) < 4.78 is 0. The monoisotopic (exact) mass is 389 g/mol. The van der Waals surface area contributed by atoms with E-state index in [4.69, 9.17) is 0 Å². The van der Waals surface area contributed by atoms with Crippen LogP contribution in [0.3, 0.4) is 0 Å². The van der Waals surface area contributed by atoms with Gasteiger partial charge in [0, 0.05) is 16.2 Å². The summed E-state index contributed by atoms with van der Waals surface area (Å²) in [6.45, 7) is 10.8. The molecule has 0 aromatic rings. The Balaban J connectivity index is 1.66. The normalized spacial score (nSPS) is 44.0. The van der Waals surface area contributed by atoms with Crippen molar-refractivity contribution in [2.75, 3.05) is 0 Å². The Morgan fingerprint density at radius 1 is 1.11 bits per heavy atom. The second-order valence-corrected chi connectivity index (χ2v) is 12.2. The molecular formula is C23H35NO2S. The van der Waals surface area contributed by atoms with Gasteiger partial charge in [0.25, 0.3) is 5.91 Å². The summed E-state index contributed by atoms with van der Waals surface area (Å²) in [5.41, 5.74) is 0.578. The van der Waals surface area contributed by atoms with Crippen LogP contribution in [0.25, 0.3) is 0 Å². The smallest absolute Gasteiger partial charge is 0.255 e. The average Bonchev–Trinajstić information content (AvgIpc) is 2.95. The number of hydrogen-bond acceptors (Lipinski definition) is 3. The molecule has 0 radical (unpaired) electrons. The molecule has 4 heteroatoms. The van der Waals surface area contributed by atoms with E-state index in [0.29, 0.717) is 22.2 Å².